The van der Waals surface area contributed by atoms with E-state index in [-0.39, 0.29) is 30.7 Å². The van der Waals surface area contributed by atoms with Crippen LogP contribution in [0, 0.1) is 5.82 Å². The van der Waals surface area contributed by atoms with E-state index in [0.29, 0.717) is 18.4 Å². The van der Waals surface area contributed by atoms with Gasteiger partial charge >= 0.3 is 0 Å². The molecular weight excluding hydrogens is 295 g/mol. The van der Waals surface area contributed by atoms with Crippen molar-refractivity contribution in [3.63, 3.8) is 0 Å². The molecule has 1 amide bonds. The maximum atomic E-state index is 13.7. The van der Waals surface area contributed by atoms with Gasteiger partial charge in [0.2, 0.25) is 0 Å². The zero-order valence-electron chi connectivity index (χ0n) is 12.4. The number of ether oxygens (including phenoxy) is 1. The van der Waals surface area contributed by atoms with Crippen LogP contribution in [0.2, 0.25) is 0 Å². The van der Waals surface area contributed by atoms with Crippen LogP contribution in [-0.4, -0.2) is 43.7 Å². The number of methoxy groups -OCH3 is 1. The van der Waals surface area contributed by atoms with Gasteiger partial charge in [-0.15, -0.1) is 12.4 Å². The third-order valence-electron chi connectivity index (χ3n) is 3.90. The summed E-state index contributed by atoms with van der Waals surface area (Å²) in [5.41, 5.74) is -0.255. The van der Waals surface area contributed by atoms with E-state index in [0.717, 1.165) is 13.1 Å². The van der Waals surface area contributed by atoms with E-state index in [4.69, 9.17) is 4.74 Å². The molecule has 6 heteroatoms. The fraction of sp³-hybridized carbons (Fsp3) is 0.533. The SMILES string of the molecule is COC1(C(=O)N(C)Cc2ccccc2F)CCNCC1.Cl. The summed E-state index contributed by atoms with van der Waals surface area (Å²) in [6, 6.07) is 6.52. The molecule has 0 saturated carbocycles. The Labute approximate surface area is 131 Å². The summed E-state index contributed by atoms with van der Waals surface area (Å²) in [7, 11) is 3.26. The number of carbonyl (C=O) groups excluding carboxylic acids is 1. The molecule has 1 aliphatic rings. The second kappa shape index (κ2) is 7.73. The highest BCUT2D eigenvalue weighted by Crippen LogP contribution is 2.25. The summed E-state index contributed by atoms with van der Waals surface area (Å²) in [4.78, 5) is 14.2. The molecule has 0 aliphatic carbocycles. The Morgan fingerprint density at radius 3 is 2.57 bits per heavy atom. The molecule has 2 rings (SSSR count). The molecular formula is C15H22ClFN2O2. The molecule has 0 atom stereocenters. The van der Waals surface area contributed by atoms with E-state index in [1.807, 2.05) is 0 Å². The largest absolute Gasteiger partial charge is 0.368 e. The van der Waals surface area contributed by atoms with Gasteiger partial charge in [-0.1, -0.05) is 18.2 Å². The molecule has 1 heterocycles. The Morgan fingerprint density at radius 1 is 1.38 bits per heavy atom. The molecule has 118 valence electrons. The first-order valence-electron chi connectivity index (χ1n) is 6.84. The quantitative estimate of drug-likeness (QED) is 0.923. The number of hydrogen-bond acceptors (Lipinski definition) is 3. The van der Waals surface area contributed by atoms with E-state index in [1.165, 1.54) is 6.07 Å². The Hall–Kier alpha value is -1.17. The number of hydrogen-bond donors (Lipinski definition) is 1. The molecule has 0 aromatic heterocycles. The zero-order chi connectivity index (χ0) is 14.6. The first-order valence-corrected chi connectivity index (χ1v) is 6.84. The molecule has 1 fully saturated rings. The smallest absolute Gasteiger partial charge is 0.254 e. The molecule has 0 radical (unpaired) electrons. The van der Waals surface area contributed by atoms with Crippen LogP contribution in [0.4, 0.5) is 4.39 Å². The summed E-state index contributed by atoms with van der Waals surface area (Å²) in [6.45, 7) is 1.77. The van der Waals surface area contributed by atoms with Crippen molar-refractivity contribution >= 4 is 18.3 Å². The molecule has 0 unspecified atom stereocenters. The summed E-state index contributed by atoms with van der Waals surface area (Å²) in [5, 5.41) is 3.22. The highest BCUT2D eigenvalue weighted by molar-refractivity contribution is 5.85. The van der Waals surface area contributed by atoms with E-state index in [1.54, 1.807) is 37.3 Å². The molecule has 0 spiro atoms. The standard InChI is InChI=1S/C15H21FN2O2.ClH/c1-18(11-12-5-3-4-6-13(12)16)14(19)15(20-2)7-9-17-10-8-15;/h3-6,17H,7-11H2,1-2H3;1H. The second-order valence-electron chi connectivity index (χ2n) is 5.20. The zero-order valence-corrected chi connectivity index (χ0v) is 13.2. The highest BCUT2D eigenvalue weighted by Gasteiger charge is 2.41. The number of likely N-dealkylation sites (N-methyl/N-ethyl adjacent to an activating group) is 1. The number of nitrogens with one attached hydrogen (secondary N) is 1. The molecule has 1 aromatic carbocycles. The predicted molar refractivity (Wildman–Crippen MR) is 82.0 cm³/mol. The lowest BCUT2D eigenvalue weighted by Crippen LogP contribution is -2.54. The van der Waals surface area contributed by atoms with E-state index in [2.05, 4.69) is 5.32 Å². The van der Waals surface area contributed by atoms with Crippen molar-refractivity contribution in [1.29, 1.82) is 0 Å². The lowest BCUT2D eigenvalue weighted by molar-refractivity contribution is -0.157. The number of amides is 1. The molecule has 1 aliphatic heterocycles. The normalized spacial score (nSPS) is 16.9. The topological polar surface area (TPSA) is 41.6 Å². The van der Waals surface area contributed by atoms with E-state index >= 15 is 0 Å². The second-order valence-corrected chi connectivity index (χ2v) is 5.20. The van der Waals surface area contributed by atoms with Crippen LogP contribution in [0.15, 0.2) is 24.3 Å². The van der Waals surface area contributed by atoms with E-state index in [9.17, 15) is 9.18 Å². The number of piperidine rings is 1. The van der Waals surface area contributed by atoms with Gasteiger partial charge < -0.3 is 15.0 Å². The van der Waals surface area contributed by atoms with Crippen molar-refractivity contribution in [3.8, 4) is 0 Å². The molecule has 0 bridgehead atoms. The van der Waals surface area contributed by atoms with Crippen molar-refractivity contribution in [2.24, 2.45) is 0 Å². The number of nitrogens with zero attached hydrogens (tertiary/aromatic N) is 1. The van der Waals surface area contributed by atoms with Gasteiger partial charge in [0, 0.05) is 26.3 Å². The number of carbonyl (C=O) groups is 1. The van der Waals surface area contributed by atoms with Gasteiger partial charge in [0.05, 0.1) is 0 Å². The van der Waals surface area contributed by atoms with E-state index < -0.39 is 5.60 Å². The molecule has 1 saturated heterocycles. The third kappa shape index (κ3) is 3.93. The first-order chi connectivity index (χ1) is 9.59. The summed E-state index contributed by atoms with van der Waals surface area (Å²) in [5.74, 6) is -0.367. The van der Waals surface area contributed by atoms with Crippen molar-refractivity contribution in [2.45, 2.75) is 25.0 Å². The third-order valence-corrected chi connectivity index (χ3v) is 3.90. The summed E-state index contributed by atoms with van der Waals surface area (Å²) < 4.78 is 19.2. The minimum absolute atomic E-state index is 0. The Balaban J connectivity index is 0.00000220. The van der Waals surface area contributed by atoms with Crippen LogP contribution in [0.3, 0.4) is 0 Å². The Bertz CT molecular complexity index is 478. The predicted octanol–water partition coefficient (Wildman–Crippen LogP) is 1.97. The Kier molecular flexibility index (Phi) is 6.58. The van der Waals surface area contributed by atoms with Crippen LogP contribution in [0.5, 0.6) is 0 Å². The maximum absolute atomic E-state index is 13.7. The van der Waals surface area contributed by atoms with Crippen molar-refractivity contribution in [3.05, 3.63) is 35.6 Å². The fourth-order valence-electron chi connectivity index (χ4n) is 2.64. The van der Waals surface area contributed by atoms with Crippen LogP contribution in [-0.2, 0) is 16.1 Å². The monoisotopic (exact) mass is 316 g/mol. The van der Waals surface area contributed by atoms with Crippen LogP contribution < -0.4 is 5.32 Å². The molecule has 21 heavy (non-hydrogen) atoms. The van der Waals surface area contributed by atoms with Crippen LogP contribution in [0.25, 0.3) is 0 Å². The van der Waals surface area contributed by atoms with Crippen LogP contribution in [0.1, 0.15) is 18.4 Å². The number of benzene rings is 1. The van der Waals surface area contributed by atoms with Crippen LogP contribution >= 0.6 is 12.4 Å². The Morgan fingerprint density at radius 2 is 2.00 bits per heavy atom. The average molecular weight is 317 g/mol. The minimum atomic E-state index is -0.773. The molecule has 4 nitrogen and oxygen atoms in total. The van der Waals surface area contributed by atoms with Crippen molar-refractivity contribution in [1.82, 2.24) is 10.2 Å². The lowest BCUT2D eigenvalue weighted by atomic mass is 9.90. The number of halogens is 2. The summed E-state index contributed by atoms with van der Waals surface area (Å²) in [6.07, 6.45) is 1.29. The van der Waals surface area contributed by atoms with Gasteiger partial charge in [0.15, 0.2) is 0 Å². The fourth-order valence-corrected chi connectivity index (χ4v) is 2.64. The molecule has 1 aromatic rings. The van der Waals surface area contributed by atoms with Gasteiger partial charge in [0.1, 0.15) is 11.4 Å². The molecule has 1 N–H and O–H groups in total. The van der Waals surface area contributed by atoms with Crippen molar-refractivity contribution < 1.29 is 13.9 Å². The average Bonchev–Trinajstić information content (AvgIpc) is 2.49. The van der Waals surface area contributed by atoms with Gasteiger partial charge in [-0.05, 0) is 32.0 Å². The summed E-state index contributed by atoms with van der Waals surface area (Å²) >= 11 is 0. The maximum Gasteiger partial charge on any atom is 0.254 e. The van der Waals surface area contributed by atoms with Gasteiger partial charge in [-0.25, -0.2) is 4.39 Å². The van der Waals surface area contributed by atoms with Gasteiger partial charge in [-0.3, -0.25) is 4.79 Å². The first kappa shape index (κ1) is 17.9. The number of rotatable bonds is 4. The van der Waals surface area contributed by atoms with Crippen molar-refractivity contribution in [2.75, 3.05) is 27.2 Å². The van der Waals surface area contributed by atoms with Gasteiger partial charge in [-0.2, -0.15) is 0 Å². The lowest BCUT2D eigenvalue weighted by Gasteiger charge is -2.37. The minimum Gasteiger partial charge on any atom is -0.368 e. The highest BCUT2D eigenvalue weighted by atomic mass is 35.5. The van der Waals surface area contributed by atoms with Gasteiger partial charge in [0.25, 0.3) is 5.91 Å².